The molecule has 0 unspecified atom stereocenters. The lowest BCUT2D eigenvalue weighted by molar-refractivity contribution is -0.0227. The van der Waals surface area contributed by atoms with E-state index in [0.717, 1.165) is 19.3 Å². The number of aromatic nitrogens is 2. The molecule has 2 aliphatic rings. The van der Waals surface area contributed by atoms with Gasteiger partial charge in [0.15, 0.2) is 0 Å². The molecule has 0 aromatic carbocycles. The van der Waals surface area contributed by atoms with Crippen LogP contribution in [0.2, 0.25) is 0 Å². The van der Waals surface area contributed by atoms with E-state index in [1.165, 1.54) is 4.90 Å². The van der Waals surface area contributed by atoms with Crippen molar-refractivity contribution in [1.82, 2.24) is 10.2 Å². The molecule has 0 amide bonds. The summed E-state index contributed by atoms with van der Waals surface area (Å²) in [5, 5.41) is 6.52. The standard InChI is InChI=1S/C13H19F2N3O3S/c14-13(15)6-8-18(9-7-13)11-16-17-12(21-11)22(19,20)10-4-2-1-3-5-10/h10H,1-9H2. The van der Waals surface area contributed by atoms with Gasteiger partial charge in [-0.15, -0.1) is 0 Å². The molecule has 0 bridgehead atoms. The van der Waals surface area contributed by atoms with Crippen molar-refractivity contribution in [1.29, 1.82) is 0 Å². The first-order valence-corrected chi connectivity index (χ1v) is 9.13. The Kier molecular flexibility index (Phi) is 4.09. The molecule has 22 heavy (non-hydrogen) atoms. The maximum absolute atomic E-state index is 13.1. The number of alkyl halides is 2. The van der Waals surface area contributed by atoms with Gasteiger partial charge in [0.25, 0.3) is 5.92 Å². The van der Waals surface area contributed by atoms with Crippen LogP contribution < -0.4 is 4.90 Å². The Morgan fingerprint density at radius 3 is 2.36 bits per heavy atom. The third-order valence-corrected chi connectivity index (χ3v) is 6.40. The predicted octanol–water partition coefficient (Wildman–Crippen LogP) is 2.41. The Morgan fingerprint density at radius 1 is 1.09 bits per heavy atom. The normalized spacial score (nSPS) is 23.6. The van der Waals surface area contributed by atoms with Crippen molar-refractivity contribution in [3.05, 3.63) is 0 Å². The molecule has 6 nitrogen and oxygen atoms in total. The summed E-state index contributed by atoms with van der Waals surface area (Å²) in [5.41, 5.74) is 0. The average molecular weight is 335 g/mol. The number of piperidine rings is 1. The minimum absolute atomic E-state index is 0.0184. The van der Waals surface area contributed by atoms with E-state index >= 15 is 0 Å². The maximum atomic E-state index is 13.1. The van der Waals surface area contributed by atoms with Crippen LogP contribution in [0.25, 0.3) is 0 Å². The van der Waals surface area contributed by atoms with E-state index in [1.54, 1.807) is 0 Å². The first-order valence-electron chi connectivity index (χ1n) is 7.59. The molecule has 9 heteroatoms. The minimum atomic E-state index is -3.62. The fourth-order valence-corrected chi connectivity index (χ4v) is 4.57. The van der Waals surface area contributed by atoms with E-state index in [2.05, 4.69) is 10.2 Å². The monoisotopic (exact) mass is 335 g/mol. The topological polar surface area (TPSA) is 76.3 Å². The fourth-order valence-electron chi connectivity index (χ4n) is 2.99. The van der Waals surface area contributed by atoms with E-state index in [4.69, 9.17) is 4.42 Å². The zero-order valence-corrected chi connectivity index (χ0v) is 13.0. The van der Waals surface area contributed by atoms with Crippen molar-refractivity contribution in [2.24, 2.45) is 0 Å². The van der Waals surface area contributed by atoms with Crippen molar-refractivity contribution in [2.45, 2.75) is 61.3 Å². The molecule has 2 heterocycles. The van der Waals surface area contributed by atoms with Gasteiger partial charge < -0.3 is 9.32 Å². The molecule has 1 saturated carbocycles. The van der Waals surface area contributed by atoms with Gasteiger partial charge in [0.05, 0.1) is 5.25 Å². The van der Waals surface area contributed by atoms with E-state index in [9.17, 15) is 17.2 Å². The summed E-state index contributed by atoms with van der Waals surface area (Å²) in [4.78, 5) is 1.52. The summed E-state index contributed by atoms with van der Waals surface area (Å²) in [6.07, 6.45) is 3.44. The highest BCUT2D eigenvalue weighted by molar-refractivity contribution is 7.91. The number of hydrogen-bond donors (Lipinski definition) is 0. The van der Waals surface area contributed by atoms with Crippen LogP contribution in [0.5, 0.6) is 0 Å². The molecule has 1 aliphatic heterocycles. The van der Waals surface area contributed by atoms with Crippen LogP contribution in [0.1, 0.15) is 44.9 Å². The molecule has 0 N–H and O–H groups in total. The van der Waals surface area contributed by atoms with E-state index in [1.807, 2.05) is 0 Å². The summed E-state index contributed by atoms with van der Waals surface area (Å²) in [6, 6.07) is 0.0184. The molecular formula is C13H19F2N3O3S. The van der Waals surface area contributed by atoms with Crippen molar-refractivity contribution in [3.8, 4) is 0 Å². The smallest absolute Gasteiger partial charge is 0.337 e. The van der Waals surface area contributed by atoms with Gasteiger partial charge in [-0.05, 0) is 12.8 Å². The van der Waals surface area contributed by atoms with Gasteiger partial charge in [0.1, 0.15) is 0 Å². The summed E-state index contributed by atoms with van der Waals surface area (Å²) >= 11 is 0. The quantitative estimate of drug-likeness (QED) is 0.844. The molecule has 1 aromatic heterocycles. The number of anilines is 1. The average Bonchev–Trinajstić information content (AvgIpc) is 2.99. The van der Waals surface area contributed by atoms with Crippen LogP contribution in [0.15, 0.2) is 9.64 Å². The molecular weight excluding hydrogens is 316 g/mol. The Morgan fingerprint density at radius 2 is 1.73 bits per heavy atom. The molecule has 0 spiro atoms. The first kappa shape index (κ1) is 15.6. The Bertz CT molecular complexity index is 616. The van der Waals surface area contributed by atoms with Crippen LogP contribution in [-0.2, 0) is 9.84 Å². The summed E-state index contributed by atoms with van der Waals surface area (Å²) in [6.45, 7) is 0.163. The fraction of sp³-hybridized carbons (Fsp3) is 0.846. The minimum Gasteiger partial charge on any atom is -0.394 e. The number of halogens is 2. The first-order chi connectivity index (χ1) is 10.4. The van der Waals surface area contributed by atoms with Crippen LogP contribution in [0.3, 0.4) is 0 Å². The second kappa shape index (κ2) is 5.75. The number of nitrogens with zero attached hydrogens (tertiary/aromatic N) is 3. The van der Waals surface area contributed by atoms with Gasteiger partial charge in [-0.3, -0.25) is 0 Å². The highest BCUT2D eigenvalue weighted by Gasteiger charge is 2.37. The van der Waals surface area contributed by atoms with E-state index in [0.29, 0.717) is 12.8 Å². The summed E-state index contributed by atoms with van der Waals surface area (Å²) in [5.74, 6) is -2.67. The van der Waals surface area contributed by atoms with Crippen molar-refractivity contribution in [3.63, 3.8) is 0 Å². The maximum Gasteiger partial charge on any atom is 0.337 e. The Labute approximate surface area is 127 Å². The predicted molar refractivity (Wildman–Crippen MR) is 74.8 cm³/mol. The number of sulfone groups is 1. The molecule has 1 aromatic rings. The van der Waals surface area contributed by atoms with Crippen LogP contribution >= 0.6 is 0 Å². The highest BCUT2D eigenvalue weighted by atomic mass is 32.2. The lowest BCUT2D eigenvalue weighted by Crippen LogP contribution is -2.39. The molecule has 3 rings (SSSR count). The highest BCUT2D eigenvalue weighted by Crippen LogP contribution is 2.32. The molecule has 2 fully saturated rings. The molecule has 1 aliphatic carbocycles. The van der Waals surface area contributed by atoms with E-state index < -0.39 is 21.0 Å². The zero-order chi connectivity index (χ0) is 15.8. The van der Waals surface area contributed by atoms with Gasteiger partial charge in [-0.25, -0.2) is 17.2 Å². The van der Waals surface area contributed by atoms with E-state index in [-0.39, 0.29) is 37.2 Å². The summed E-state index contributed by atoms with van der Waals surface area (Å²) < 4.78 is 56.5. The third-order valence-electron chi connectivity index (χ3n) is 4.40. The SMILES string of the molecule is O=S(=O)(c1nnc(N2CCC(F)(F)CC2)o1)C1CCCCC1. The Balaban J connectivity index is 1.73. The van der Waals surface area contributed by atoms with Gasteiger partial charge in [0.2, 0.25) is 9.84 Å². The van der Waals surface area contributed by atoms with Crippen LogP contribution in [-0.4, -0.2) is 42.9 Å². The lowest BCUT2D eigenvalue weighted by Gasteiger charge is -2.30. The number of hydrogen-bond acceptors (Lipinski definition) is 6. The van der Waals surface area contributed by atoms with Gasteiger partial charge in [0, 0.05) is 25.9 Å². The second-order valence-corrected chi connectivity index (χ2v) is 8.10. The lowest BCUT2D eigenvalue weighted by atomic mass is 10.0. The molecule has 0 radical (unpaired) electrons. The van der Waals surface area contributed by atoms with Crippen molar-refractivity contribution >= 4 is 15.9 Å². The molecule has 0 atom stereocenters. The van der Waals surface area contributed by atoms with Gasteiger partial charge in [-0.2, -0.15) is 0 Å². The van der Waals surface area contributed by atoms with Crippen LogP contribution in [0.4, 0.5) is 14.8 Å². The third kappa shape index (κ3) is 3.09. The number of rotatable bonds is 3. The summed E-state index contributed by atoms with van der Waals surface area (Å²) in [7, 11) is -3.62. The van der Waals surface area contributed by atoms with Gasteiger partial charge in [-0.1, -0.05) is 29.5 Å². The zero-order valence-electron chi connectivity index (χ0n) is 12.2. The second-order valence-electron chi connectivity index (χ2n) is 6.00. The van der Waals surface area contributed by atoms with Crippen molar-refractivity contribution in [2.75, 3.05) is 18.0 Å². The van der Waals surface area contributed by atoms with Gasteiger partial charge >= 0.3 is 11.2 Å². The Hall–Kier alpha value is -1.25. The largest absolute Gasteiger partial charge is 0.394 e. The molecule has 1 saturated heterocycles. The van der Waals surface area contributed by atoms with Crippen LogP contribution in [0, 0.1) is 0 Å². The molecule has 124 valence electrons. The van der Waals surface area contributed by atoms with Crippen molar-refractivity contribution < 1.29 is 21.6 Å².